The largest absolute Gasteiger partial charge is 0.493 e. The van der Waals surface area contributed by atoms with Crippen LogP contribution in [0.2, 0.25) is 0 Å². The second-order valence-corrected chi connectivity index (χ2v) is 3.95. The van der Waals surface area contributed by atoms with Gasteiger partial charge in [0.05, 0.1) is 14.2 Å². The summed E-state index contributed by atoms with van der Waals surface area (Å²) >= 11 is 0. The normalized spacial score (nSPS) is 10.3. The standard InChI is InChI=1S/C12H17N5O2/c1-14-12-16-15-11(17(12)2)7-5-9(18-3)10(19-4)6-8(7)13/h5-6H,13H2,1-4H3,(H,14,16). The molecule has 1 aromatic heterocycles. The molecule has 0 unspecified atom stereocenters. The smallest absolute Gasteiger partial charge is 0.224 e. The second-order valence-electron chi connectivity index (χ2n) is 3.95. The molecule has 0 atom stereocenters. The Morgan fingerprint density at radius 1 is 1.16 bits per heavy atom. The van der Waals surface area contributed by atoms with Crippen molar-refractivity contribution in [3.05, 3.63) is 12.1 Å². The summed E-state index contributed by atoms with van der Waals surface area (Å²) in [5.74, 6) is 2.49. The topological polar surface area (TPSA) is 87.2 Å². The third-order valence-corrected chi connectivity index (χ3v) is 2.90. The molecule has 0 amide bonds. The summed E-state index contributed by atoms with van der Waals surface area (Å²) in [6.07, 6.45) is 0. The molecule has 0 saturated carbocycles. The number of hydrogen-bond acceptors (Lipinski definition) is 6. The highest BCUT2D eigenvalue weighted by atomic mass is 16.5. The molecule has 0 bridgehead atoms. The first-order valence-electron chi connectivity index (χ1n) is 5.71. The molecule has 1 heterocycles. The fourth-order valence-corrected chi connectivity index (χ4v) is 1.87. The number of nitrogens with zero attached hydrogens (tertiary/aromatic N) is 3. The number of ether oxygens (including phenoxy) is 2. The van der Waals surface area contributed by atoms with Crippen LogP contribution in [0.15, 0.2) is 12.1 Å². The molecule has 2 rings (SSSR count). The van der Waals surface area contributed by atoms with Gasteiger partial charge in [0.15, 0.2) is 17.3 Å². The van der Waals surface area contributed by atoms with Gasteiger partial charge < -0.3 is 20.5 Å². The van der Waals surface area contributed by atoms with Crippen molar-refractivity contribution in [1.29, 1.82) is 0 Å². The summed E-state index contributed by atoms with van der Waals surface area (Å²) in [6, 6.07) is 3.50. The Morgan fingerprint density at radius 3 is 2.32 bits per heavy atom. The van der Waals surface area contributed by atoms with Gasteiger partial charge in [0.1, 0.15) is 0 Å². The average Bonchev–Trinajstić information content (AvgIpc) is 2.79. The number of rotatable bonds is 4. The van der Waals surface area contributed by atoms with E-state index in [4.69, 9.17) is 15.2 Å². The molecule has 2 aromatic rings. The SMILES string of the molecule is CNc1nnc(-c2cc(OC)c(OC)cc2N)n1C. The Labute approximate surface area is 111 Å². The van der Waals surface area contributed by atoms with Gasteiger partial charge in [0.2, 0.25) is 5.95 Å². The number of nitrogens with two attached hydrogens (primary N) is 1. The van der Waals surface area contributed by atoms with Crippen LogP contribution in [0.5, 0.6) is 11.5 Å². The van der Waals surface area contributed by atoms with Crippen molar-refractivity contribution in [1.82, 2.24) is 14.8 Å². The van der Waals surface area contributed by atoms with Gasteiger partial charge in [-0.2, -0.15) is 0 Å². The van der Waals surface area contributed by atoms with Crippen molar-refractivity contribution in [3.8, 4) is 22.9 Å². The molecule has 0 aliphatic heterocycles. The van der Waals surface area contributed by atoms with Gasteiger partial charge in [-0.1, -0.05) is 0 Å². The molecule has 7 nitrogen and oxygen atoms in total. The van der Waals surface area contributed by atoms with E-state index in [1.807, 2.05) is 11.6 Å². The van der Waals surface area contributed by atoms with Crippen molar-refractivity contribution in [2.24, 2.45) is 7.05 Å². The number of hydrogen-bond donors (Lipinski definition) is 2. The second kappa shape index (κ2) is 5.05. The third kappa shape index (κ3) is 2.14. The predicted octanol–water partition coefficient (Wildman–Crippen LogP) is 1.12. The summed E-state index contributed by atoms with van der Waals surface area (Å²) in [5.41, 5.74) is 7.33. The summed E-state index contributed by atoms with van der Waals surface area (Å²) in [5, 5.41) is 11.1. The number of anilines is 2. The quantitative estimate of drug-likeness (QED) is 0.804. The maximum Gasteiger partial charge on any atom is 0.224 e. The van der Waals surface area contributed by atoms with Crippen LogP contribution in [-0.4, -0.2) is 36.0 Å². The van der Waals surface area contributed by atoms with Crippen molar-refractivity contribution >= 4 is 11.6 Å². The fourth-order valence-electron chi connectivity index (χ4n) is 1.87. The molecular weight excluding hydrogens is 246 g/mol. The molecule has 0 aliphatic rings. The minimum atomic E-state index is 0.552. The summed E-state index contributed by atoms with van der Waals surface area (Å²) < 4.78 is 12.3. The summed E-state index contributed by atoms with van der Waals surface area (Å²) in [6.45, 7) is 0. The molecule has 0 spiro atoms. The van der Waals surface area contributed by atoms with Crippen LogP contribution < -0.4 is 20.5 Å². The van der Waals surface area contributed by atoms with Crippen molar-refractivity contribution in [2.75, 3.05) is 32.3 Å². The lowest BCUT2D eigenvalue weighted by atomic mass is 10.1. The molecule has 3 N–H and O–H groups in total. The molecule has 102 valence electrons. The number of nitrogens with one attached hydrogen (secondary N) is 1. The van der Waals surface area contributed by atoms with Crippen molar-refractivity contribution in [2.45, 2.75) is 0 Å². The lowest BCUT2D eigenvalue weighted by Crippen LogP contribution is -2.02. The number of benzene rings is 1. The number of methoxy groups -OCH3 is 2. The molecule has 7 heteroatoms. The van der Waals surface area contributed by atoms with Crippen LogP contribution in [0.25, 0.3) is 11.4 Å². The number of aromatic nitrogens is 3. The van der Waals surface area contributed by atoms with Gasteiger partial charge >= 0.3 is 0 Å². The molecule has 0 fully saturated rings. The van der Waals surface area contributed by atoms with Gasteiger partial charge in [-0.05, 0) is 6.07 Å². The van der Waals surface area contributed by atoms with E-state index < -0.39 is 0 Å². The zero-order valence-electron chi connectivity index (χ0n) is 11.4. The Kier molecular flexibility index (Phi) is 3.46. The Balaban J connectivity index is 2.58. The van der Waals surface area contributed by atoms with E-state index in [1.165, 1.54) is 0 Å². The van der Waals surface area contributed by atoms with E-state index in [0.717, 1.165) is 5.56 Å². The van der Waals surface area contributed by atoms with Crippen LogP contribution >= 0.6 is 0 Å². The maximum atomic E-state index is 6.04. The van der Waals surface area contributed by atoms with E-state index in [9.17, 15) is 0 Å². The van der Waals surface area contributed by atoms with Gasteiger partial charge in [-0.3, -0.25) is 4.57 Å². The highest BCUT2D eigenvalue weighted by Gasteiger charge is 2.16. The minimum absolute atomic E-state index is 0.552. The lowest BCUT2D eigenvalue weighted by Gasteiger charge is -2.12. The Bertz CT molecular complexity index is 594. The van der Waals surface area contributed by atoms with Gasteiger partial charge in [0, 0.05) is 31.4 Å². The van der Waals surface area contributed by atoms with E-state index in [-0.39, 0.29) is 0 Å². The van der Waals surface area contributed by atoms with E-state index in [0.29, 0.717) is 29.0 Å². The highest BCUT2D eigenvalue weighted by Crippen LogP contribution is 2.36. The van der Waals surface area contributed by atoms with E-state index >= 15 is 0 Å². The van der Waals surface area contributed by atoms with Crippen molar-refractivity contribution in [3.63, 3.8) is 0 Å². The van der Waals surface area contributed by atoms with Crippen LogP contribution in [0.3, 0.4) is 0 Å². The molecule has 0 aliphatic carbocycles. The zero-order valence-corrected chi connectivity index (χ0v) is 11.4. The molecule has 0 saturated heterocycles. The summed E-state index contributed by atoms with van der Waals surface area (Å²) in [4.78, 5) is 0. The van der Waals surface area contributed by atoms with Crippen molar-refractivity contribution < 1.29 is 9.47 Å². The predicted molar refractivity (Wildman–Crippen MR) is 73.5 cm³/mol. The van der Waals surface area contributed by atoms with Crippen LogP contribution in [0.4, 0.5) is 11.6 Å². The lowest BCUT2D eigenvalue weighted by molar-refractivity contribution is 0.355. The van der Waals surface area contributed by atoms with Gasteiger partial charge in [-0.25, -0.2) is 0 Å². The van der Waals surface area contributed by atoms with E-state index in [2.05, 4.69) is 15.5 Å². The monoisotopic (exact) mass is 263 g/mol. The maximum absolute atomic E-state index is 6.04. The zero-order chi connectivity index (χ0) is 14.0. The summed E-state index contributed by atoms with van der Waals surface area (Å²) in [7, 11) is 6.79. The first kappa shape index (κ1) is 13.0. The number of nitrogen functional groups attached to an aromatic ring is 1. The van der Waals surface area contributed by atoms with Crippen LogP contribution in [-0.2, 0) is 7.05 Å². The van der Waals surface area contributed by atoms with Crippen LogP contribution in [0, 0.1) is 0 Å². The minimum Gasteiger partial charge on any atom is -0.493 e. The first-order valence-corrected chi connectivity index (χ1v) is 5.71. The highest BCUT2D eigenvalue weighted by molar-refractivity contribution is 5.76. The molecule has 1 aromatic carbocycles. The van der Waals surface area contributed by atoms with Gasteiger partial charge in [-0.15, -0.1) is 10.2 Å². The fraction of sp³-hybridized carbons (Fsp3) is 0.333. The average molecular weight is 263 g/mol. The molecular formula is C12H17N5O2. The van der Waals surface area contributed by atoms with Crippen LogP contribution in [0.1, 0.15) is 0 Å². The Hall–Kier alpha value is -2.44. The Morgan fingerprint density at radius 2 is 1.79 bits per heavy atom. The van der Waals surface area contributed by atoms with Gasteiger partial charge in [0.25, 0.3) is 0 Å². The molecule has 19 heavy (non-hydrogen) atoms. The third-order valence-electron chi connectivity index (χ3n) is 2.90. The van der Waals surface area contributed by atoms with E-state index in [1.54, 1.807) is 33.4 Å². The molecule has 0 radical (unpaired) electrons. The first-order chi connectivity index (χ1) is 9.12.